The van der Waals surface area contributed by atoms with E-state index in [1.807, 2.05) is 0 Å². The normalized spacial score (nSPS) is 18.0. The highest BCUT2D eigenvalue weighted by molar-refractivity contribution is 5.88. The fourth-order valence-corrected chi connectivity index (χ4v) is 3.53. The molecule has 0 spiro atoms. The molecule has 0 aliphatic heterocycles. The SMILES string of the molecule is Cc1ccc(C(N)CC2CCCC2)c2ccccc12. The number of hydrogen-bond donors (Lipinski definition) is 1. The third kappa shape index (κ3) is 2.52. The molecular formula is C18H23N. The van der Waals surface area contributed by atoms with Gasteiger partial charge in [0.15, 0.2) is 0 Å². The van der Waals surface area contributed by atoms with Gasteiger partial charge in [0.25, 0.3) is 0 Å². The van der Waals surface area contributed by atoms with E-state index in [0.29, 0.717) is 0 Å². The summed E-state index contributed by atoms with van der Waals surface area (Å²) in [6, 6.07) is 13.3. The van der Waals surface area contributed by atoms with Crippen molar-refractivity contribution in [1.29, 1.82) is 0 Å². The van der Waals surface area contributed by atoms with Crippen LogP contribution in [0, 0.1) is 12.8 Å². The molecule has 0 aromatic heterocycles. The van der Waals surface area contributed by atoms with Crippen LogP contribution in [0.15, 0.2) is 36.4 Å². The van der Waals surface area contributed by atoms with Crippen molar-refractivity contribution in [2.75, 3.05) is 0 Å². The Bertz CT molecular complexity index is 567. The van der Waals surface area contributed by atoms with Crippen LogP contribution in [0.5, 0.6) is 0 Å². The van der Waals surface area contributed by atoms with Crippen molar-refractivity contribution in [2.24, 2.45) is 11.7 Å². The van der Waals surface area contributed by atoms with Gasteiger partial charge < -0.3 is 5.73 Å². The fraction of sp³-hybridized carbons (Fsp3) is 0.444. The summed E-state index contributed by atoms with van der Waals surface area (Å²) in [7, 11) is 0. The van der Waals surface area contributed by atoms with Gasteiger partial charge in [0.2, 0.25) is 0 Å². The topological polar surface area (TPSA) is 26.0 Å². The molecule has 1 atom stereocenters. The molecule has 2 aromatic carbocycles. The predicted molar refractivity (Wildman–Crippen MR) is 82.2 cm³/mol. The van der Waals surface area contributed by atoms with Gasteiger partial charge in [0.05, 0.1) is 0 Å². The Kier molecular flexibility index (Phi) is 3.56. The van der Waals surface area contributed by atoms with E-state index in [9.17, 15) is 0 Å². The summed E-state index contributed by atoms with van der Waals surface area (Å²) in [5, 5.41) is 2.69. The number of hydrogen-bond acceptors (Lipinski definition) is 1. The van der Waals surface area contributed by atoms with Crippen LogP contribution in [0.2, 0.25) is 0 Å². The van der Waals surface area contributed by atoms with Crippen molar-refractivity contribution in [1.82, 2.24) is 0 Å². The van der Waals surface area contributed by atoms with Gasteiger partial charge in [-0.05, 0) is 41.2 Å². The van der Waals surface area contributed by atoms with Crippen molar-refractivity contribution in [2.45, 2.75) is 45.1 Å². The Morgan fingerprint density at radius 3 is 2.47 bits per heavy atom. The second-order valence-electron chi connectivity index (χ2n) is 6.01. The van der Waals surface area contributed by atoms with Crippen LogP contribution in [0.25, 0.3) is 10.8 Å². The van der Waals surface area contributed by atoms with Gasteiger partial charge >= 0.3 is 0 Å². The van der Waals surface area contributed by atoms with E-state index < -0.39 is 0 Å². The molecule has 1 aliphatic carbocycles. The molecule has 1 aliphatic rings. The molecule has 3 rings (SSSR count). The van der Waals surface area contributed by atoms with Crippen LogP contribution in [-0.4, -0.2) is 0 Å². The lowest BCUT2D eigenvalue weighted by atomic mass is 9.90. The highest BCUT2D eigenvalue weighted by atomic mass is 14.6. The maximum absolute atomic E-state index is 6.49. The van der Waals surface area contributed by atoms with Gasteiger partial charge in [0, 0.05) is 6.04 Å². The summed E-state index contributed by atoms with van der Waals surface area (Å²) in [5.41, 5.74) is 9.16. The van der Waals surface area contributed by atoms with Gasteiger partial charge in [-0.25, -0.2) is 0 Å². The summed E-state index contributed by atoms with van der Waals surface area (Å²) in [4.78, 5) is 0. The van der Waals surface area contributed by atoms with E-state index in [2.05, 4.69) is 43.3 Å². The van der Waals surface area contributed by atoms with Gasteiger partial charge in [-0.3, -0.25) is 0 Å². The number of rotatable bonds is 3. The Labute approximate surface area is 115 Å². The van der Waals surface area contributed by atoms with E-state index in [0.717, 1.165) is 12.3 Å². The third-order valence-corrected chi connectivity index (χ3v) is 4.64. The first-order chi connectivity index (χ1) is 9.25. The van der Waals surface area contributed by atoms with Gasteiger partial charge in [-0.15, -0.1) is 0 Å². The first-order valence-electron chi connectivity index (χ1n) is 7.49. The van der Waals surface area contributed by atoms with Crippen LogP contribution in [0.1, 0.15) is 49.3 Å². The summed E-state index contributed by atoms with van der Waals surface area (Å²) in [6.45, 7) is 2.18. The summed E-state index contributed by atoms with van der Waals surface area (Å²) in [5.74, 6) is 0.843. The molecule has 0 saturated heterocycles. The molecule has 100 valence electrons. The van der Waals surface area contributed by atoms with Crippen molar-refractivity contribution in [3.05, 3.63) is 47.5 Å². The minimum absolute atomic E-state index is 0.189. The van der Waals surface area contributed by atoms with Crippen LogP contribution >= 0.6 is 0 Å². The van der Waals surface area contributed by atoms with Crippen LogP contribution in [-0.2, 0) is 0 Å². The second-order valence-corrected chi connectivity index (χ2v) is 6.01. The standard InChI is InChI=1S/C18H23N/c1-13-10-11-17(16-9-5-4-8-15(13)16)18(19)12-14-6-2-3-7-14/h4-5,8-11,14,18H,2-3,6-7,12,19H2,1H3. The van der Waals surface area contributed by atoms with E-state index in [4.69, 9.17) is 5.73 Å². The average molecular weight is 253 g/mol. The summed E-state index contributed by atoms with van der Waals surface area (Å²) in [6.07, 6.45) is 6.68. The number of nitrogens with two attached hydrogens (primary N) is 1. The highest BCUT2D eigenvalue weighted by Crippen LogP contribution is 2.34. The molecule has 0 amide bonds. The van der Waals surface area contributed by atoms with Crippen LogP contribution in [0.4, 0.5) is 0 Å². The summed E-state index contributed by atoms with van der Waals surface area (Å²) >= 11 is 0. The van der Waals surface area contributed by atoms with Crippen molar-refractivity contribution >= 4 is 10.8 Å². The summed E-state index contributed by atoms with van der Waals surface area (Å²) < 4.78 is 0. The lowest BCUT2D eigenvalue weighted by Gasteiger charge is -2.19. The average Bonchev–Trinajstić information content (AvgIpc) is 2.92. The van der Waals surface area contributed by atoms with Gasteiger partial charge in [0.1, 0.15) is 0 Å². The van der Waals surface area contributed by atoms with E-state index >= 15 is 0 Å². The Hall–Kier alpha value is -1.34. The van der Waals surface area contributed by atoms with Crippen LogP contribution in [0.3, 0.4) is 0 Å². The van der Waals surface area contributed by atoms with E-state index in [1.54, 1.807) is 0 Å². The maximum atomic E-state index is 6.49. The first kappa shape index (κ1) is 12.7. The second kappa shape index (κ2) is 5.34. The Balaban J connectivity index is 1.93. The van der Waals surface area contributed by atoms with Crippen molar-refractivity contribution in [3.8, 4) is 0 Å². The molecule has 0 heterocycles. The largest absolute Gasteiger partial charge is 0.324 e. The molecule has 1 fully saturated rings. The smallest absolute Gasteiger partial charge is 0.0303 e. The molecule has 2 N–H and O–H groups in total. The quantitative estimate of drug-likeness (QED) is 0.841. The molecule has 1 nitrogen and oxygen atoms in total. The molecule has 2 aromatic rings. The van der Waals surface area contributed by atoms with Crippen LogP contribution < -0.4 is 5.73 Å². The van der Waals surface area contributed by atoms with E-state index in [-0.39, 0.29) is 6.04 Å². The molecular weight excluding hydrogens is 230 g/mol. The lowest BCUT2D eigenvalue weighted by molar-refractivity contribution is 0.452. The highest BCUT2D eigenvalue weighted by Gasteiger charge is 2.20. The van der Waals surface area contributed by atoms with Crippen molar-refractivity contribution < 1.29 is 0 Å². The zero-order valence-electron chi connectivity index (χ0n) is 11.7. The van der Waals surface area contributed by atoms with Crippen molar-refractivity contribution in [3.63, 3.8) is 0 Å². The lowest BCUT2D eigenvalue weighted by Crippen LogP contribution is -2.14. The number of fused-ring (bicyclic) bond motifs is 1. The monoisotopic (exact) mass is 253 g/mol. The fourth-order valence-electron chi connectivity index (χ4n) is 3.53. The van der Waals surface area contributed by atoms with Gasteiger partial charge in [-0.1, -0.05) is 62.1 Å². The molecule has 1 unspecified atom stereocenters. The molecule has 1 saturated carbocycles. The van der Waals surface area contributed by atoms with E-state index in [1.165, 1.54) is 47.6 Å². The zero-order valence-corrected chi connectivity index (χ0v) is 11.7. The molecule has 0 bridgehead atoms. The molecule has 0 radical (unpaired) electrons. The first-order valence-corrected chi connectivity index (χ1v) is 7.49. The number of aryl methyl sites for hydroxylation is 1. The minimum atomic E-state index is 0.189. The third-order valence-electron chi connectivity index (χ3n) is 4.64. The Morgan fingerprint density at radius 2 is 1.74 bits per heavy atom. The Morgan fingerprint density at radius 1 is 1.05 bits per heavy atom. The predicted octanol–water partition coefficient (Wildman–Crippen LogP) is 4.73. The molecule has 19 heavy (non-hydrogen) atoms. The maximum Gasteiger partial charge on any atom is 0.0303 e. The zero-order chi connectivity index (χ0) is 13.2. The molecule has 1 heteroatoms. The number of benzene rings is 2. The van der Waals surface area contributed by atoms with Gasteiger partial charge in [-0.2, -0.15) is 0 Å². The minimum Gasteiger partial charge on any atom is -0.324 e.